The van der Waals surface area contributed by atoms with E-state index >= 15 is 0 Å². The maximum atomic E-state index is 9.80. The zero-order valence-corrected chi connectivity index (χ0v) is 11.6. The molecule has 2 aliphatic heterocycles. The van der Waals surface area contributed by atoms with Gasteiger partial charge in [0.1, 0.15) is 19.8 Å². The van der Waals surface area contributed by atoms with Crippen molar-refractivity contribution in [3.63, 3.8) is 0 Å². The molecule has 0 aromatic heterocycles. The normalized spacial score (nSPS) is 13.3. The maximum absolute atomic E-state index is 9.80. The van der Waals surface area contributed by atoms with Crippen molar-refractivity contribution in [2.24, 2.45) is 0 Å². The zero-order chi connectivity index (χ0) is 16.3. The Kier molecular flexibility index (Phi) is 18.0. The minimum absolute atomic E-state index is 0.114. The molecule has 1 N–H and O–H groups in total. The quantitative estimate of drug-likeness (QED) is 0.438. The van der Waals surface area contributed by atoms with E-state index in [1.54, 1.807) is 0 Å². The first-order valence-corrected chi connectivity index (χ1v) is 5.88. The molecule has 10 heteroatoms. The van der Waals surface area contributed by atoms with Crippen LogP contribution in [0.4, 0.5) is 9.59 Å². The zero-order valence-electron chi connectivity index (χ0n) is 11.6. The van der Waals surface area contributed by atoms with Crippen molar-refractivity contribution in [3.8, 4) is 0 Å². The molecule has 0 atom stereocenters. The first-order chi connectivity index (χ1) is 10.1. The second-order valence-electron chi connectivity index (χ2n) is 2.95. The van der Waals surface area contributed by atoms with Crippen LogP contribution in [0.1, 0.15) is 6.92 Å². The minimum Gasteiger partial charge on any atom is -0.450 e. The summed E-state index contributed by atoms with van der Waals surface area (Å²) in [6.07, 6.45) is -1.55. The van der Waals surface area contributed by atoms with Crippen molar-refractivity contribution < 1.29 is 48.0 Å². The van der Waals surface area contributed by atoms with Crippen LogP contribution in [0, 0.1) is 0 Å². The van der Waals surface area contributed by atoms with Gasteiger partial charge in [0.2, 0.25) is 0 Å². The fourth-order valence-electron chi connectivity index (χ4n) is 0.624. The lowest BCUT2D eigenvalue weighted by Gasteiger charge is -1.98. The topological polar surface area (TPSA) is 138 Å². The number of rotatable bonds is 4. The molecule has 0 bridgehead atoms. The lowest BCUT2D eigenvalue weighted by Crippen LogP contribution is -2.07. The summed E-state index contributed by atoms with van der Waals surface area (Å²) in [4.78, 5) is 35.7. The van der Waals surface area contributed by atoms with E-state index in [0.29, 0.717) is 26.4 Å². The van der Waals surface area contributed by atoms with Crippen LogP contribution in [-0.4, -0.2) is 69.8 Å². The molecule has 0 radical (unpaired) electrons. The van der Waals surface area contributed by atoms with Crippen molar-refractivity contribution in [3.05, 3.63) is 0 Å². The number of cyclic esters (lactones) is 2. The summed E-state index contributed by atoms with van der Waals surface area (Å²) in [5.74, 6) is 0. The Labute approximate surface area is 120 Å². The third-order valence-corrected chi connectivity index (χ3v) is 1.38. The molecular weight excluding hydrogens is 292 g/mol. The van der Waals surface area contributed by atoms with Crippen LogP contribution in [-0.2, 0) is 33.3 Å². The van der Waals surface area contributed by atoms with E-state index in [1.807, 2.05) is 6.92 Å². The van der Waals surface area contributed by atoms with Gasteiger partial charge < -0.3 is 28.8 Å². The van der Waals surface area contributed by atoms with E-state index in [-0.39, 0.29) is 12.8 Å². The second kappa shape index (κ2) is 17.8. The van der Waals surface area contributed by atoms with Crippen LogP contribution in [0.15, 0.2) is 0 Å². The molecule has 21 heavy (non-hydrogen) atoms. The number of carboxylic acid groups (broad SMARTS) is 1. The maximum Gasteiger partial charge on any atom is 0.508 e. The Morgan fingerprint density at radius 3 is 1.90 bits per heavy atom. The highest BCUT2D eigenvalue weighted by Crippen LogP contribution is 1.92. The summed E-state index contributed by atoms with van der Waals surface area (Å²) in [6, 6.07) is 0. The fraction of sp³-hybridized carbons (Fsp3) is 0.727. The highest BCUT2D eigenvalue weighted by Gasteiger charge is 2.09. The Bertz CT molecular complexity index is 285. The van der Waals surface area contributed by atoms with Gasteiger partial charge in [-0.15, -0.1) is 0 Å². The van der Waals surface area contributed by atoms with E-state index in [1.165, 1.54) is 0 Å². The number of ether oxygens (including phenoxy) is 5. The van der Waals surface area contributed by atoms with E-state index in [2.05, 4.69) is 18.9 Å². The molecule has 0 saturated carbocycles. The van der Waals surface area contributed by atoms with Gasteiger partial charge in [-0.2, -0.15) is 9.59 Å². The number of epoxide rings is 1. The van der Waals surface area contributed by atoms with Crippen LogP contribution in [0.25, 0.3) is 0 Å². The van der Waals surface area contributed by atoms with Gasteiger partial charge in [-0.3, -0.25) is 0 Å². The monoisotopic (exact) mass is 310 g/mol. The highest BCUT2D eigenvalue weighted by molar-refractivity contribution is 5.61. The molecule has 0 aromatic rings. The van der Waals surface area contributed by atoms with Crippen molar-refractivity contribution in [2.75, 3.05) is 46.2 Å². The average Bonchev–Trinajstić information content (AvgIpc) is 3.25. The fourth-order valence-corrected chi connectivity index (χ4v) is 0.624. The first-order valence-electron chi connectivity index (χ1n) is 5.88. The van der Waals surface area contributed by atoms with Gasteiger partial charge in [-0.1, -0.05) is 0 Å². The summed E-state index contributed by atoms with van der Waals surface area (Å²) in [5.41, 5.74) is 0. The van der Waals surface area contributed by atoms with Gasteiger partial charge in [-0.05, 0) is 6.92 Å². The molecule has 2 aliphatic rings. The summed E-state index contributed by atoms with van der Waals surface area (Å²) < 4.78 is 22.0. The molecule has 0 amide bonds. The minimum atomic E-state index is -1.25. The predicted octanol–water partition coefficient (Wildman–Crippen LogP) is 0.304. The number of hydrogen-bond acceptors (Lipinski definition) is 9. The number of hydrogen-bond donors (Lipinski definition) is 1. The van der Waals surface area contributed by atoms with Crippen molar-refractivity contribution in [1.82, 2.24) is 0 Å². The van der Waals surface area contributed by atoms with Crippen molar-refractivity contribution >= 4 is 18.5 Å². The molecule has 0 aromatic carbocycles. The van der Waals surface area contributed by atoms with E-state index in [4.69, 9.17) is 19.4 Å². The third-order valence-electron chi connectivity index (χ3n) is 1.38. The summed E-state index contributed by atoms with van der Waals surface area (Å²) in [6.45, 7) is 5.70. The van der Waals surface area contributed by atoms with Gasteiger partial charge in [0.15, 0.2) is 0 Å². The molecule has 2 heterocycles. The van der Waals surface area contributed by atoms with Crippen LogP contribution in [0.3, 0.4) is 0 Å². The smallest absolute Gasteiger partial charge is 0.450 e. The van der Waals surface area contributed by atoms with E-state index in [9.17, 15) is 9.59 Å². The van der Waals surface area contributed by atoms with Crippen LogP contribution in [0.2, 0.25) is 0 Å². The predicted molar refractivity (Wildman–Crippen MR) is 63.6 cm³/mol. The van der Waals surface area contributed by atoms with Crippen molar-refractivity contribution in [2.45, 2.75) is 6.92 Å². The number of carbonyl (C=O) groups excluding carboxylic acids is 3. The largest absolute Gasteiger partial charge is 0.508 e. The Hall–Kier alpha value is -2.16. The molecule has 0 unspecified atom stereocenters. The SMILES string of the molecule is C1CO1.CCOCCOC(=O)O.O=C1OCCO1.O=C=O. The standard InChI is InChI=1S/C5H10O4.C3H4O3.C2H4O.CO2/c1-2-8-3-4-9-5(6)7;4-3-5-1-2-6-3;1-2-3-1;2-1-3/h2-4H2,1H3,(H,6,7);1-2H2;1-2H2;. The summed E-state index contributed by atoms with van der Waals surface area (Å²) >= 11 is 0. The average molecular weight is 310 g/mol. The lowest BCUT2D eigenvalue weighted by atomic mass is 10.7. The highest BCUT2D eigenvalue weighted by atomic mass is 16.8. The van der Waals surface area contributed by atoms with Gasteiger partial charge in [0, 0.05) is 6.61 Å². The number of carbonyl (C=O) groups is 2. The van der Waals surface area contributed by atoms with Crippen LogP contribution in [0.5, 0.6) is 0 Å². The molecule has 2 saturated heterocycles. The second-order valence-corrected chi connectivity index (χ2v) is 2.95. The Morgan fingerprint density at radius 2 is 1.67 bits per heavy atom. The Morgan fingerprint density at radius 1 is 1.19 bits per heavy atom. The molecule has 10 nitrogen and oxygen atoms in total. The molecule has 2 fully saturated rings. The van der Waals surface area contributed by atoms with Crippen LogP contribution >= 0.6 is 0 Å². The molecule has 122 valence electrons. The van der Waals surface area contributed by atoms with E-state index < -0.39 is 12.3 Å². The van der Waals surface area contributed by atoms with Gasteiger partial charge in [0.05, 0.1) is 19.8 Å². The molecule has 0 aliphatic carbocycles. The first kappa shape index (κ1) is 21.1. The summed E-state index contributed by atoms with van der Waals surface area (Å²) in [7, 11) is 0. The lowest BCUT2D eigenvalue weighted by molar-refractivity contribution is -0.191. The van der Waals surface area contributed by atoms with E-state index in [0.717, 1.165) is 13.2 Å². The Balaban J connectivity index is 0. The van der Waals surface area contributed by atoms with Gasteiger partial charge in [0.25, 0.3) is 0 Å². The van der Waals surface area contributed by atoms with Gasteiger partial charge in [-0.25, -0.2) is 9.59 Å². The molecule has 2 rings (SSSR count). The third kappa shape index (κ3) is 31.9. The summed E-state index contributed by atoms with van der Waals surface area (Å²) in [5, 5.41) is 7.94. The van der Waals surface area contributed by atoms with Gasteiger partial charge >= 0.3 is 18.5 Å². The molecule has 0 spiro atoms. The van der Waals surface area contributed by atoms with Crippen LogP contribution < -0.4 is 0 Å². The molecular formula is C11H18O10. The van der Waals surface area contributed by atoms with Crippen molar-refractivity contribution in [1.29, 1.82) is 0 Å².